The first-order valence-corrected chi connectivity index (χ1v) is 6.87. The highest BCUT2D eigenvalue weighted by Crippen LogP contribution is 2.16. The molecule has 0 fully saturated rings. The van der Waals surface area contributed by atoms with E-state index in [4.69, 9.17) is 0 Å². The third-order valence-electron chi connectivity index (χ3n) is 2.54. The second kappa shape index (κ2) is 6.50. The summed E-state index contributed by atoms with van der Waals surface area (Å²) in [6, 6.07) is 5.28. The monoisotopic (exact) mass is 301 g/mol. The molecule has 0 atom stereocenters. The smallest absolute Gasteiger partial charge is 0.127 e. The van der Waals surface area contributed by atoms with Crippen LogP contribution in [-0.2, 0) is 6.42 Å². The van der Waals surface area contributed by atoms with E-state index in [9.17, 15) is 4.39 Å². The molecule has 0 saturated heterocycles. The van der Waals surface area contributed by atoms with Crippen LogP contribution in [0.3, 0.4) is 0 Å². The number of halogens is 2. The molecule has 96 valence electrons. The maximum Gasteiger partial charge on any atom is 0.127 e. The van der Waals surface area contributed by atoms with Crippen LogP contribution in [0, 0.1) is 5.82 Å². The quantitative estimate of drug-likeness (QED) is 0.800. The fraction of sp³-hybridized carbons (Fsp3) is 0.571. The largest absolute Gasteiger partial charge is 0.312 e. The molecule has 1 N–H and O–H groups in total. The second-order valence-corrected chi connectivity index (χ2v) is 6.29. The summed E-state index contributed by atoms with van der Waals surface area (Å²) in [5.41, 5.74) is 0.979. The lowest BCUT2D eigenvalue weighted by Gasteiger charge is -2.20. The second-order valence-electron chi connectivity index (χ2n) is 5.37. The Hall–Kier alpha value is -0.410. The van der Waals surface area contributed by atoms with Crippen LogP contribution in [0.5, 0.6) is 0 Å². The van der Waals surface area contributed by atoms with Gasteiger partial charge in [-0.3, -0.25) is 0 Å². The SMILES string of the molecule is CC(C)(C)NCCCCc1ccc(Br)cc1F. The van der Waals surface area contributed by atoms with E-state index in [-0.39, 0.29) is 11.4 Å². The molecule has 3 heteroatoms. The van der Waals surface area contributed by atoms with E-state index in [1.165, 1.54) is 6.07 Å². The molecule has 1 nitrogen and oxygen atoms in total. The molecule has 1 aromatic rings. The number of rotatable bonds is 5. The van der Waals surface area contributed by atoms with Gasteiger partial charge in [0.25, 0.3) is 0 Å². The highest BCUT2D eigenvalue weighted by Gasteiger charge is 2.07. The fourth-order valence-corrected chi connectivity index (χ4v) is 1.96. The van der Waals surface area contributed by atoms with Crippen LogP contribution in [-0.4, -0.2) is 12.1 Å². The van der Waals surface area contributed by atoms with Crippen molar-refractivity contribution in [2.24, 2.45) is 0 Å². The van der Waals surface area contributed by atoms with Crippen LogP contribution in [0.4, 0.5) is 4.39 Å². The Kier molecular flexibility index (Phi) is 5.60. The van der Waals surface area contributed by atoms with Crippen LogP contribution in [0.15, 0.2) is 22.7 Å². The maximum absolute atomic E-state index is 13.5. The van der Waals surface area contributed by atoms with Crippen LogP contribution in [0.2, 0.25) is 0 Å². The van der Waals surface area contributed by atoms with Crippen molar-refractivity contribution in [1.29, 1.82) is 0 Å². The first-order valence-electron chi connectivity index (χ1n) is 6.07. The van der Waals surface area contributed by atoms with Crippen molar-refractivity contribution in [3.05, 3.63) is 34.1 Å². The van der Waals surface area contributed by atoms with Gasteiger partial charge in [0, 0.05) is 10.0 Å². The highest BCUT2D eigenvalue weighted by atomic mass is 79.9. The maximum atomic E-state index is 13.5. The molecular weight excluding hydrogens is 281 g/mol. The predicted octanol–water partition coefficient (Wildman–Crippen LogP) is 4.30. The Morgan fingerprint density at radius 2 is 1.94 bits per heavy atom. The Balaban J connectivity index is 2.27. The lowest BCUT2D eigenvalue weighted by molar-refractivity contribution is 0.418. The lowest BCUT2D eigenvalue weighted by Crippen LogP contribution is -2.36. The van der Waals surface area contributed by atoms with Crippen LogP contribution in [0.1, 0.15) is 39.2 Å². The number of hydrogen-bond donors (Lipinski definition) is 1. The zero-order chi connectivity index (χ0) is 12.9. The standard InChI is InChI=1S/C14H21BrFN/c1-14(2,3)17-9-5-4-6-11-7-8-12(15)10-13(11)16/h7-8,10,17H,4-6,9H2,1-3H3. The molecule has 0 bridgehead atoms. The zero-order valence-electron chi connectivity index (χ0n) is 10.8. The van der Waals surface area contributed by atoms with Crippen molar-refractivity contribution in [2.75, 3.05) is 6.54 Å². The van der Waals surface area contributed by atoms with Gasteiger partial charge in [-0.2, -0.15) is 0 Å². The Morgan fingerprint density at radius 3 is 2.53 bits per heavy atom. The number of benzene rings is 1. The third kappa shape index (κ3) is 6.18. The van der Waals surface area contributed by atoms with Crippen molar-refractivity contribution in [3.8, 4) is 0 Å². The normalized spacial score (nSPS) is 11.8. The third-order valence-corrected chi connectivity index (χ3v) is 3.04. The predicted molar refractivity (Wildman–Crippen MR) is 74.8 cm³/mol. The molecule has 0 aromatic heterocycles. The number of aryl methyl sites for hydroxylation is 1. The van der Waals surface area contributed by atoms with Gasteiger partial charge >= 0.3 is 0 Å². The minimum absolute atomic E-state index is 0.108. The van der Waals surface area contributed by atoms with Gasteiger partial charge in [0.15, 0.2) is 0 Å². The van der Waals surface area contributed by atoms with E-state index < -0.39 is 0 Å². The summed E-state index contributed by atoms with van der Waals surface area (Å²) in [5, 5.41) is 3.43. The topological polar surface area (TPSA) is 12.0 Å². The minimum Gasteiger partial charge on any atom is -0.312 e. The molecule has 0 aliphatic rings. The van der Waals surface area contributed by atoms with Gasteiger partial charge in [-0.1, -0.05) is 22.0 Å². The summed E-state index contributed by atoms with van der Waals surface area (Å²) in [5.74, 6) is -0.108. The van der Waals surface area contributed by atoms with Crippen molar-refractivity contribution in [3.63, 3.8) is 0 Å². The summed E-state index contributed by atoms with van der Waals surface area (Å²) >= 11 is 3.26. The molecule has 0 unspecified atom stereocenters. The van der Waals surface area contributed by atoms with Gasteiger partial charge < -0.3 is 5.32 Å². The first kappa shape index (κ1) is 14.7. The van der Waals surface area contributed by atoms with E-state index in [0.717, 1.165) is 35.8 Å². The molecule has 0 spiro atoms. The van der Waals surface area contributed by atoms with Crippen molar-refractivity contribution in [2.45, 2.75) is 45.6 Å². The van der Waals surface area contributed by atoms with Gasteiger partial charge in [0.2, 0.25) is 0 Å². The molecule has 0 heterocycles. The zero-order valence-corrected chi connectivity index (χ0v) is 12.4. The molecular formula is C14H21BrFN. The van der Waals surface area contributed by atoms with E-state index in [2.05, 4.69) is 42.0 Å². The summed E-state index contributed by atoms with van der Waals surface area (Å²) < 4.78 is 14.3. The van der Waals surface area contributed by atoms with Crippen molar-refractivity contribution >= 4 is 15.9 Å². The highest BCUT2D eigenvalue weighted by molar-refractivity contribution is 9.10. The van der Waals surface area contributed by atoms with E-state index >= 15 is 0 Å². The number of nitrogens with one attached hydrogen (secondary N) is 1. The Morgan fingerprint density at radius 1 is 1.24 bits per heavy atom. The molecule has 17 heavy (non-hydrogen) atoms. The molecule has 0 aliphatic carbocycles. The summed E-state index contributed by atoms with van der Waals surface area (Å²) in [6.07, 6.45) is 2.90. The van der Waals surface area contributed by atoms with Gasteiger partial charge in [-0.15, -0.1) is 0 Å². The van der Waals surface area contributed by atoms with E-state index in [1.54, 1.807) is 0 Å². The minimum atomic E-state index is -0.108. The average Bonchev–Trinajstić information content (AvgIpc) is 2.18. The molecule has 1 aromatic carbocycles. The first-order chi connectivity index (χ1) is 7.88. The molecule has 0 saturated carbocycles. The van der Waals surface area contributed by atoms with Crippen LogP contribution < -0.4 is 5.32 Å². The van der Waals surface area contributed by atoms with Gasteiger partial charge in [0.05, 0.1) is 0 Å². The number of hydrogen-bond acceptors (Lipinski definition) is 1. The average molecular weight is 302 g/mol. The van der Waals surface area contributed by atoms with Gasteiger partial charge in [-0.25, -0.2) is 4.39 Å². The molecule has 0 amide bonds. The summed E-state index contributed by atoms with van der Waals surface area (Å²) in [4.78, 5) is 0. The summed E-state index contributed by atoms with van der Waals surface area (Å²) in [6.45, 7) is 7.45. The Bertz CT molecular complexity index is 358. The number of unbranched alkanes of at least 4 members (excludes halogenated alkanes) is 1. The summed E-state index contributed by atoms with van der Waals surface area (Å²) in [7, 11) is 0. The lowest BCUT2D eigenvalue weighted by atomic mass is 10.1. The van der Waals surface area contributed by atoms with Crippen LogP contribution in [0.25, 0.3) is 0 Å². The molecule has 1 rings (SSSR count). The van der Waals surface area contributed by atoms with Crippen molar-refractivity contribution in [1.82, 2.24) is 5.32 Å². The Labute approximate surface area is 112 Å². The van der Waals surface area contributed by atoms with Crippen molar-refractivity contribution < 1.29 is 4.39 Å². The van der Waals surface area contributed by atoms with Gasteiger partial charge in [0.1, 0.15) is 5.82 Å². The van der Waals surface area contributed by atoms with E-state index in [0.29, 0.717) is 0 Å². The molecule has 0 aliphatic heterocycles. The van der Waals surface area contributed by atoms with E-state index in [1.807, 2.05) is 12.1 Å². The fourth-order valence-electron chi connectivity index (χ4n) is 1.63. The molecule has 0 radical (unpaired) electrons. The van der Waals surface area contributed by atoms with Crippen LogP contribution >= 0.6 is 15.9 Å². The van der Waals surface area contributed by atoms with Gasteiger partial charge in [-0.05, 0) is 64.3 Å².